The normalized spacial score (nSPS) is 23.4. The van der Waals surface area contributed by atoms with Crippen LogP contribution in [0.4, 0.5) is 0 Å². The molecular formula is C17H25ClN2O4. The highest BCUT2D eigenvalue weighted by atomic mass is 35.5. The minimum absolute atomic E-state index is 0. The summed E-state index contributed by atoms with van der Waals surface area (Å²) in [5, 5.41) is 6.09. The van der Waals surface area contributed by atoms with Gasteiger partial charge in [0.15, 0.2) is 0 Å². The third-order valence-electron chi connectivity index (χ3n) is 4.08. The summed E-state index contributed by atoms with van der Waals surface area (Å²) in [6.07, 6.45) is 0.584. The molecule has 1 aromatic carbocycles. The van der Waals surface area contributed by atoms with Crippen LogP contribution < -0.4 is 15.4 Å². The molecule has 134 valence electrons. The van der Waals surface area contributed by atoms with E-state index >= 15 is 0 Å². The summed E-state index contributed by atoms with van der Waals surface area (Å²) in [5.74, 6) is 0.733. The van der Waals surface area contributed by atoms with Gasteiger partial charge in [-0.2, -0.15) is 0 Å². The lowest BCUT2D eigenvalue weighted by atomic mass is 10.1. The summed E-state index contributed by atoms with van der Waals surface area (Å²) in [7, 11) is 0. The van der Waals surface area contributed by atoms with Crippen LogP contribution in [0.1, 0.15) is 17.5 Å². The molecule has 2 aliphatic heterocycles. The predicted molar refractivity (Wildman–Crippen MR) is 92.7 cm³/mol. The molecule has 0 saturated carbocycles. The van der Waals surface area contributed by atoms with Crippen molar-refractivity contribution in [1.29, 1.82) is 0 Å². The van der Waals surface area contributed by atoms with E-state index < -0.39 is 6.10 Å². The van der Waals surface area contributed by atoms with Crippen LogP contribution in [0, 0.1) is 6.92 Å². The average Bonchev–Trinajstić information content (AvgIpc) is 3.08. The second kappa shape index (κ2) is 9.22. The molecule has 6 nitrogen and oxygen atoms in total. The molecule has 0 radical (unpaired) electrons. The van der Waals surface area contributed by atoms with Gasteiger partial charge < -0.3 is 24.8 Å². The van der Waals surface area contributed by atoms with Gasteiger partial charge in [-0.1, -0.05) is 12.1 Å². The van der Waals surface area contributed by atoms with Gasteiger partial charge in [0, 0.05) is 31.6 Å². The molecule has 3 rings (SSSR count). The molecule has 2 N–H and O–H groups in total. The second-order valence-corrected chi connectivity index (χ2v) is 6.00. The Morgan fingerprint density at radius 2 is 2.29 bits per heavy atom. The molecule has 2 unspecified atom stereocenters. The molecule has 0 aromatic heterocycles. The van der Waals surface area contributed by atoms with E-state index in [1.165, 1.54) is 0 Å². The number of benzene rings is 1. The smallest absolute Gasteiger partial charge is 0.250 e. The lowest BCUT2D eigenvalue weighted by molar-refractivity contribution is -0.134. The van der Waals surface area contributed by atoms with E-state index in [9.17, 15) is 4.79 Å². The fraction of sp³-hybridized carbons (Fsp3) is 0.588. The van der Waals surface area contributed by atoms with Crippen LogP contribution in [0.2, 0.25) is 0 Å². The van der Waals surface area contributed by atoms with E-state index in [0.717, 1.165) is 36.4 Å². The van der Waals surface area contributed by atoms with Crippen LogP contribution >= 0.6 is 12.4 Å². The number of amides is 1. The molecule has 2 saturated heterocycles. The minimum Gasteiger partial charge on any atom is -0.488 e. The van der Waals surface area contributed by atoms with E-state index in [4.69, 9.17) is 14.2 Å². The second-order valence-electron chi connectivity index (χ2n) is 6.00. The van der Waals surface area contributed by atoms with Crippen LogP contribution in [-0.2, 0) is 20.8 Å². The molecular weight excluding hydrogens is 332 g/mol. The summed E-state index contributed by atoms with van der Waals surface area (Å²) < 4.78 is 16.9. The summed E-state index contributed by atoms with van der Waals surface area (Å²) >= 11 is 0. The first-order valence-electron chi connectivity index (χ1n) is 8.16. The highest BCUT2D eigenvalue weighted by Crippen LogP contribution is 2.23. The van der Waals surface area contributed by atoms with Gasteiger partial charge >= 0.3 is 0 Å². The summed E-state index contributed by atoms with van der Waals surface area (Å²) in [4.78, 5) is 12.2. The molecule has 7 heteroatoms. The van der Waals surface area contributed by atoms with Gasteiger partial charge in [0.2, 0.25) is 0 Å². The molecule has 2 fully saturated rings. The van der Waals surface area contributed by atoms with Crippen LogP contribution in [0.5, 0.6) is 5.75 Å². The van der Waals surface area contributed by atoms with Crippen molar-refractivity contribution in [3.05, 3.63) is 29.3 Å². The quantitative estimate of drug-likeness (QED) is 0.829. The number of hydrogen-bond donors (Lipinski definition) is 2. The van der Waals surface area contributed by atoms with E-state index in [0.29, 0.717) is 26.3 Å². The van der Waals surface area contributed by atoms with Crippen LogP contribution in [0.3, 0.4) is 0 Å². The zero-order valence-electron chi connectivity index (χ0n) is 13.9. The van der Waals surface area contributed by atoms with Gasteiger partial charge in [-0.15, -0.1) is 12.4 Å². The number of aryl methyl sites for hydroxylation is 1. The molecule has 2 aliphatic rings. The molecule has 0 bridgehead atoms. The van der Waals surface area contributed by atoms with Crippen molar-refractivity contribution in [2.75, 3.05) is 32.9 Å². The first-order valence-corrected chi connectivity index (χ1v) is 8.16. The number of ether oxygens (including phenoxy) is 3. The van der Waals surface area contributed by atoms with Crippen molar-refractivity contribution < 1.29 is 19.0 Å². The van der Waals surface area contributed by atoms with Crippen molar-refractivity contribution >= 4 is 18.3 Å². The first kappa shape index (κ1) is 19.0. The SMILES string of the molecule is Cc1ccc(CNC(=O)C2CNCCO2)c(OC2CCOC2)c1.Cl. The van der Waals surface area contributed by atoms with E-state index in [-0.39, 0.29) is 24.4 Å². The molecule has 1 aromatic rings. The van der Waals surface area contributed by atoms with Gasteiger partial charge in [0.25, 0.3) is 5.91 Å². The van der Waals surface area contributed by atoms with Crippen molar-refractivity contribution in [3.63, 3.8) is 0 Å². The van der Waals surface area contributed by atoms with Gasteiger partial charge in [-0.25, -0.2) is 0 Å². The largest absolute Gasteiger partial charge is 0.488 e. The number of rotatable bonds is 5. The predicted octanol–water partition coefficient (Wildman–Crippen LogP) is 1.19. The third kappa shape index (κ3) is 5.08. The van der Waals surface area contributed by atoms with Crippen LogP contribution in [-0.4, -0.2) is 51.0 Å². The van der Waals surface area contributed by atoms with Crippen molar-refractivity contribution in [2.45, 2.75) is 32.1 Å². The highest BCUT2D eigenvalue weighted by molar-refractivity contribution is 5.85. The number of morpholine rings is 1. The molecule has 2 atom stereocenters. The summed E-state index contributed by atoms with van der Waals surface area (Å²) in [6.45, 7) is 5.75. The molecule has 0 aliphatic carbocycles. The molecule has 1 amide bonds. The zero-order chi connectivity index (χ0) is 16.1. The van der Waals surface area contributed by atoms with Gasteiger partial charge in [-0.05, 0) is 18.6 Å². The van der Waals surface area contributed by atoms with Gasteiger partial charge in [0.1, 0.15) is 18.0 Å². The third-order valence-corrected chi connectivity index (χ3v) is 4.08. The fourth-order valence-electron chi connectivity index (χ4n) is 2.73. The molecule has 2 heterocycles. The van der Waals surface area contributed by atoms with Gasteiger partial charge in [-0.3, -0.25) is 4.79 Å². The van der Waals surface area contributed by atoms with Gasteiger partial charge in [0.05, 0.1) is 19.8 Å². The zero-order valence-corrected chi connectivity index (χ0v) is 14.7. The summed E-state index contributed by atoms with van der Waals surface area (Å²) in [5.41, 5.74) is 2.11. The topological polar surface area (TPSA) is 68.8 Å². The maximum absolute atomic E-state index is 12.2. The Kier molecular flexibility index (Phi) is 7.30. The van der Waals surface area contributed by atoms with E-state index in [1.54, 1.807) is 0 Å². The Labute approximate surface area is 148 Å². The minimum atomic E-state index is -0.415. The average molecular weight is 357 g/mol. The number of halogens is 1. The Morgan fingerprint density at radius 3 is 3.00 bits per heavy atom. The van der Waals surface area contributed by atoms with E-state index in [2.05, 4.69) is 10.6 Å². The van der Waals surface area contributed by atoms with Crippen LogP contribution in [0.25, 0.3) is 0 Å². The van der Waals surface area contributed by atoms with E-state index in [1.807, 2.05) is 25.1 Å². The summed E-state index contributed by atoms with van der Waals surface area (Å²) in [6, 6.07) is 6.04. The van der Waals surface area contributed by atoms with Crippen molar-refractivity contribution in [1.82, 2.24) is 10.6 Å². The van der Waals surface area contributed by atoms with Crippen molar-refractivity contribution in [2.24, 2.45) is 0 Å². The lowest BCUT2D eigenvalue weighted by Gasteiger charge is -2.23. The Morgan fingerprint density at radius 1 is 1.42 bits per heavy atom. The maximum Gasteiger partial charge on any atom is 0.250 e. The number of carbonyl (C=O) groups is 1. The highest BCUT2D eigenvalue weighted by Gasteiger charge is 2.22. The Balaban J connectivity index is 0.00000208. The van der Waals surface area contributed by atoms with Crippen LogP contribution in [0.15, 0.2) is 18.2 Å². The lowest BCUT2D eigenvalue weighted by Crippen LogP contribution is -2.47. The standard InChI is InChI=1S/C17H24N2O4.ClH/c1-12-2-3-13(15(8-12)23-14-4-6-21-11-14)9-19-17(20)16-10-18-5-7-22-16;/h2-3,8,14,16,18H,4-7,9-11H2,1H3,(H,19,20);1H. The number of carbonyl (C=O) groups excluding carboxylic acids is 1. The number of hydrogen-bond acceptors (Lipinski definition) is 5. The Hall–Kier alpha value is -1.34. The fourth-order valence-corrected chi connectivity index (χ4v) is 2.73. The maximum atomic E-state index is 12.2. The number of nitrogens with one attached hydrogen (secondary N) is 2. The first-order chi connectivity index (χ1) is 11.2. The van der Waals surface area contributed by atoms with Crippen molar-refractivity contribution in [3.8, 4) is 5.75 Å². The molecule has 0 spiro atoms. The monoisotopic (exact) mass is 356 g/mol. The Bertz CT molecular complexity index is 543. The molecule has 24 heavy (non-hydrogen) atoms.